The summed E-state index contributed by atoms with van der Waals surface area (Å²) >= 11 is 1.80. The van der Waals surface area contributed by atoms with Crippen LogP contribution in [0.2, 0.25) is 0 Å². The van der Waals surface area contributed by atoms with Gasteiger partial charge in [-0.1, -0.05) is 44.2 Å². The van der Waals surface area contributed by atoms with Crippen molar-refractivity contribution < 1.29 is 0 Å². The lowest BCUT2D eigenvalue weighted by Gasteiger charge is -2.14. The highest BCUT2D eigenvalue weighted by Crippen LogP contribution is 2.28. The molecule has 0 spiro atoms. The molecule has 0 aliphatic carbocycles. The molecule has 1 aliphatic rings. The molecule has 20 heavy (non-hydrogen) atoms. The van der Waals surface area contributed by atoms with E-state index in [-0.39, 0.29) is 0 Å². The average Bonchev–Trinajstić information content (AvgIpc) is 3.10. The van der Waals surface area contributed by atoms with Crippen LogP contribution in [0.1, 0.15) is 48.4 Å². The lowest BCUT2D eigenvalue weighted by molar-refractivity contribution is 0.323. The van der Waals surface area contributed by atoms with Crippen molar-refractivity contribution >= 4 is 11.3 Å². The van der Waals surface area contributed by atoms with Gasteiger partial charge in [-0.2, -0.15) is 0 Å². The Bertz CT molecular complexity index is 547. The summed E-state index contributed by atoms with van der Waals surface area (Å²) in [6.45, 7) is 7.78. The Morgan fingerprint density at radius 1 is 1.30 bits per heavy atom. The number of aromatic nitrogens is 1. The van der Waals surface area contributed by atoms with Gasteiger partial charge < -0.3 is 0 Å². The van der Waals surface area contributed by atoms with Crippen LogP contribution in [-0.4, -0.2) is 23.0 Å². The van der Waals surface area contributed by atoms with Gasteiger partial charge in [-0.25, -0.2) is 4.98 Å². The van der Waals surface area contributed by atoms with Gasteiger partial charge in [0.05, 0.1) is 10.7 Å². The molecule has 1 aromatic carbocycles. The van der Waals surface area contributed by atoms with Crippen molar-refractivity contribution in [3.8, 4) is 0 Å². The maximum absolute atomic E-state index is 4.75. The minimum atomic E-state index is 0.546. The molecule has 3 rings (SSSR count). The molecule has 2 aromatic rings. The largest absolute Gasteiger partial charge is 0.297 e. The third kappa shape index (κ3) is 3.10. The summed E-state index contributed by atoms with van der Waals surface area (Å²) in [4.78, 5) is 7.29. The molecule has 0 bridgehead atoms. The number of nitrogens with zero attached hydrogens (tertiary/aromatic N) is 2. The summed E-state index contributed by atoms with van der Waals surface area (Å²) in [7, 11) is 0. The minimum absolute atomic E-state index is 0.546. The predicted octanol–water partition coefficient (Wildman–Crippen LogP) is 4.26. The molecular weight excluding hydrogens is 264 g/mol. The fourth-order valence-corrected chi connectivity index (χ4v) is 3.69. The first-order valence-corrected chi connectivity index (χ1v) is 8.32. The fourth-order valence-electron chi connectivity index (χ4n) is 2.86. The molecule has 106 valence electrons. The maximum Gasteiger partial charge on any atom is 0.0954 e. The fraction of sp³-hybridized carbons (Fsp3) is 0.471. The summed E-state index contributed by atoms with van der Waals surface area (Å²) in [6.07, 6.45) is 1.27. The Balaban J connectivity index is 1.60. The zero-order valence-corrected chi connectivity index (χ0v) is 13.1. The van der Waals surface area contributed by atoms with Crippen LogP contribution < -0.4 is 0 Å². The van der Waals surface area contributed by atoms with Crippen molar-refractivity contribution in [3.05, 3.63) is 52.0 Å². The van der Waals surface area contributed by atoms with E-state index in [4.69, 9.17) is 4.98 Å². The van der Waals surface area contributed by atoms with Crippen LogP contribution in [0.4, 0.5) is 0 Å². The number of hydrogen-bond acceptors (Lipinski definition) is 3. The van der Waals surface area contributed by atoms with Gasteiger partial charge in [-0.05, 0) is 24.4 Å². The quantitative estimate of drug-likeness (QED) is 0.835. The van der Waals surface area contributed by atoms with Gasteiger partial charge in [-0.3, -0.25) is 4.90 Å². The first kappa shape index (κ1) is 13.8. The number of benzene rings is 1. The van der Waals surface area contributed by atoms with Crippen molar-refractivity contribution in [3.63, 3.8) is 0 Å². The summed E-state index contributed by atoms with van der Waals surface area (Å²) in [5.74, 6) is 1.24. The Kier molecular flexibility index (Phi) is 4.18. The molecule has 1 fully saturated rings. The maximum atomic E-state index is 4.75. The van der Waals surface area contributed by atoms with Gasteiger partial charge in [0.1, 0.15) is 0 Å². The minimum Gasteiger partial charge on any atom is -0.297 e. The monoisotopic (exact) mass is 286 g/mol. The first-order valence-electron chi connectivity index (χ1n) is 7.44. The Morgan fingerprint density at radius 3 is 2.80 bits per heavy atom. The average molecular weight is 286 g/mol. The number of rotatable bonds is 4. The molecule has 0 saturated carbocycles. The Labute approximate surface area is 125 Å². The van der Waals surface area contributed by atoms with Crippen LogP contribution in [0.15, 0.2) is 35.7 Å². The summed E-state index contributed by atoms with van der Waals surface area (Å²) in [6, 6.07) is 10.9. The normalized spacial score (nSPS) is 19.9. The van der Waals surface area contributed by atoms with E-state index < -0.39 is 0 Å². The molecule has 0 amide bonds. The lowest BCUT2D eigenvalue weighted by Crippen LogP contribution is -2.20. The highest BCUT2D eigenvalue weighted by Gasteiger charge is 2.24. The zero-order chi connectivity index (χ0) is 13.9. The molecule has 2 nitrogen and oxygen atoms in total. The molecule has 1 saturated heterocycles. The van der Waals surface area contributed by atoms with Crippen LogP contribution in [0.5, 0.6) is 0 Å². The lowest BCUT2D eigenvalue weighted by atomic mass is 9.99. The van der Waals surface area contributed by atoms with Gasteiger partial charge in [0.25, 0.3) is 0 Å². The summed E-state index contributed by atoms with van der Waals surface area (Å²) < 4.78 is 0. The van der Waals surface area contributed by atoms with Crippen molar-refractivity contribution in [2.24, 2.45) is 0 Å². The van der Waals surface area contributed by atoms with Gasteiger partial charge in [0, 0.05) is 24.4 Å². The third-order valence-electron chi connectivity index (χ3n) is 3.99. The van der Waals surface area contributed by atoms with Crippen molar-refractivity contribution in [1.29, 1.82) is 0 Å². The van der Waals surface area contributed by atoms with Crippen molar-refractivity contribution in [2.75, 3.05) is 13.1 Å². The van der Waals surface area contributed by atoms with Gasteiger partial charge >= 0.3 is 0 Å². The van der Waals surface area contributed by atoms with Crippen molar-refractivity contribution in [2.45, 2.75) is 38.6 Å². The van der Waals surface area contributed by atoms with E-state index in [9.17, 15) is 0 Å². The molecule has 1 unspecified atom stereocenters. The van der Waals surface area contributed by atoms with Crippen LogP contribution in [0.25, 0.3) is 0 Å². The van der Waals surface area contributed by atoms with Crippen LogP contribution in [-0.2, 0) is 6.54 Å². The number of hydrogen-bond donors (Lipinski definition) is 0. The van der Waals surface area contributed by atoms with E-state index in [1.807, 2.05) is 0 Å². The molecule has 1 aliphatic heterocycles. The highest BCUT2D eigenvalue weighted by molar-refractivity contribution is 7.09. The topological polar surface area (TPSA) is 16.1 Å². The molecule has 1 aromatic heterocycles. The first-order chi connectivity index (χ1) is 9.72. The van der Waals surface area contributed by atoms with Gasteiger partial charge in [0.2, 0.25) is 0 Å². The Hall–Kier alpha value is -1.19. The number of thiazole rings is 1. The van der Waals surface area contributed by atoms with E-state index in [0.29, 0.717) is 11.8 Å². The summed E-state index contributed by atoms with van der Waals surface area (Å²) in [5, 5.41) is 3.49. The third-order valence-corrected chi connectivity index (χ3v) is 5.19. The van der Waals surface area contributed by atoms with Crippen LogP contribution in [0.3, 0.4) is 0 Å². The predicted molar refractivity (Wildman–Crippen MR) is 85.3 cm³/mol. The second-order valence-corrected chi connectivity index (χ2v) is 6.85. The van der Waals surface area contributed by atoms with E-state index in [1.54, 1.807) is 11.3 Å². The SMILES string of the molecule is CC(C)c1nc(CN2CCC(c3ccccc3)C2)cs1. The highest BCUT2D eigenvalue weighted by atomic mass is 32.1. The van der Waals surface area contributed by atoms with Gasteiger partial charge in [-0.15, -0.1) is 11.3 Å². The zero-order valence-electron chi connectivity index (χ0n) is 12.2. The van der Waals surface area contributed by atoms with E-state index >= 15 is 0 Å². The van der Waals surface area contributed by atoms with Crippen LogP contribution >= 0.6 is 11.3 Å². The molecule has 2 heterocycles. The molecule has 1 atom stereocenters. The molecular formula is C17H22N2S. The molecule has 0 radical (unpaired) electrons. The van der Waals surface area contributed by atoms with Crippen molar-refractivity contribution in [1.82, 2.24) is 9.88 Å². The van der Waals surface area contributed by atoms with Crippen LogP contribution in [0, 0.1) is 0 Å². The van der Waals surface area contributed by atoms with E-state index in [1.165, 1.54) is 35.8 Å². The van der Waals surface area contributed by atoms with Gasteiger partial charge in [0.15, 0.2) is 0 Å². The standard InChI is InChI=1S/C17H22N2S/c1-13(2)17-18-16(12-20-17)11-19-9-8-15(10-19)14-6-4-3-5-7-14/h3-7,12-13,15H,8-11H2,1-2H3. The molecule has 0 N–H and O–H groups in total. The summed E-state index contributed by atoms with van der Waals surface area (Å²) in [5.41, 5.74) is 2.73. The second-order valence-electron chi connectivity index (χ2n) is 5.96. The smallest absolute Gasteiger partial charge is 0.0954 e. The van der Waals surface area contributed by atoms with E-state index in [0.717, 1.165) is 6.54 Å². The number of likely N-dealkylation sites (tertiary alicyclic amines) is 1. The van der Waals surface area contributed by atoms with E-state index in [2.05, 4.69) is 54.5 Å². The second kappa shape index (κ2) is 6.06. The molecule has 3 heteroatoms. The Morgan fingerprint density at radius 2 is 2.10 bits per heavy atom.